The highest BCUT2D eigenvalue weighted by Gasteiger charge is 2.13. The van der Waals surface area contributed by atoms with Gasteiger partial charge in [0.1, 0.15) is 11.3 Å². The van der Waals surface area contributed by atoms with E-state index in [9.17, 15) is 4.79 Å². The molecule has 3 aromatic carbocycles. The normalized spacial score (nSPS) is 11.4. The number of nitrogens with zero attached hydrogens (tertiary/aromatic N) is 1. The van der Waals surface area contributed by atoms with Crippen LogP contribution in [0.5, 0.6) is 5.75 Å². The van der Waals surface area contributed by atoms with Crippen LogP contribution in [0, 0.1) is 6.92 Å². The highest BCUT2D eigenvalue weighted by atomic mass is 16.5. The summed E-state index contributed by atoms with van der Waals surface area (Å²) in [4.78, 5) is 17.2. The number of rotatable bonds is 7. The molecule has 0 aliphatic heterocycles. The molecule has 1 N–H and O–H groups in total. The Morgan fingerprint density at radius 2 is 1.64 bits per heavy atom. The van der Waals surface area contributed by atoms with Crippen molar-refractivity contribution in [2.45, 2.75) is 46.5 Å². The number of hydrogen-bond acceptors (Lipinski definition) is 4. The molecular formula is C28H30N2O3. The molecule has 0 radical (unpaired) electrons. The van der Waals surface area contributed by atoms with Crippen molar-refractivity contribution in [2.24, 2.45) is 0 Å². The van der Waals surface area contributed by atoms with Crippen molar-refractivity contribution in [2.75, 3.05) is 11.9 Å². The fraction of sp³-hybridized carbons (Fsp3) is 0.286. The lowest BCUT2D eigenvalue weighted by Gasteiger charge is -2.11. The smallest absolute Gasteiger partial charge is 0.262 e. The van der Waals surface area contributed by atoms with E-state index in [4.69, 9.17) is 9.15 Å². The molecule has 1 heterocycles. The number of amides is 1. The third kappa shape index (κ3) is 5.25. The number of anilines is 1. The Hall–Kier alpha value is -3.60. The zero-order chi connectivity index (χ0) is 23.5. The minimum absolute atomic E-state index is 0.0639. The lowest BCUT2D eigenvalue weighted by atomic mass is 10.0. The molecule has 1 amide bonds. The summed E-state index contributed by atoms with van der Waals surface area (Å²) in [5.41, 5.74) is 6.50. The number of oxazole rings is 1. The highest BCUT2D eigenvalue weighted by Crippen LogP contribution is 2.29. The minimum atomic E-state index is -0.220. The van der Waals surface area contributed by atoms with Crippen LogP contribution in [0.2, 0.25) is 0 Å². The SMILES string of the molecule is Cc1ccc(-c2nc3cc(C(C)C)ccc3o2)cc1NC(=O)COc1ccc(C(C)C)cc1. The largest absolute Gasteiger partial charge is 0.484 e. The quantitative estimate of drug-likeness (QED) is 0.332. The molecule has 0 bridgehead atoms. The van der Waals surface area contributed by atoms with Crippen LogP contribution in [0.3, 0.4) is 0 Å². The summed E-state index contributed by atoms with van der Waals surface area (Å²) in [5, 5.41) is 2.94. The first kappa shape index (κ1) is 22.6. The zero-order valence-corrected chi connectivity index (χ0v) is 19.8. The number of aryl methyl sites for hydroxylation is 1. The fourth-order valence-corrected chi connectivity index (χ4v) is 3.60. The van der Waals surface area contributed by atoms with Gasteiger partial charge in [0, 0.05) is 11.3 Å². The molecule has 0 aliphatic carbocycles. The average molecular weight is 443 g/mol. The number of aromatic nitrogens is 1. The number of benzene rings is 3. The molecule has 0 saturated heterocycles. The maximum Gasteiger partial charge on any atom is 0.262 e. The Morgan fingerprint density at radius 3 is 2.33 bits per heavy atom. The van der Waals surface area contributed by atoms with Crippen molar-refractivity contribution in [3.63, 3.8) is 0 Å². The predicted molar refractivity (Wildman–Crippen MR) is 133 cm³/mol. The minimum Gasteiger partial charge on any atom is -0.484 e. The molecular weight excluding hydrogens is 412 g/mol. The standard InChI is InChI=1S/C28H30N2O3/c1-17(2)20-8-11-23(12-9-20)32-16-27(31)29-24-15-22(7-6-19(24)5)28-30-25-14-21(18(3)4)10-13-26(25)33-28/h6-15,17-18H,16H2,1-5H3,(H,29,31). The Kier molecular flexibility index (Phi) is 6.50. The molecule has 4 rings (SSSR count). The van der Waals surface area contributed by atoms with Crippen LogP contribution in [0.4, 0.5) is 5.69 Å². The molecule has 0 fully saturated rings. The van der Waals surface area contributed by atoms with Gasteiger partial charge in [0.2, 0.25) is 5.89 Å². The van der Waals surface area contributed by atoms with Crippen molar-refractivity contribution in [3.05, 3.63) is 77.4 Å². The Balaban J connectivity index is 1.46. The molecule has 0 saturated carbocycles. The van der Waals surface area contributed by atoms with E-state index in [-0.39, 0.29) is 12.5 Å². The van der Waals surface area contributed by atoms with Gasteiger partial charge in [-0.15, -0.1) is 0 Å². The van der Waals surface area contributed by atoms with E-state index >= 15 is 0 Å². The van der Waals surface area contributed by atoms with Gasteiger partial charge in [0.25, 0.3) is 5.91 Å². The summed E-state index contributed by atoms with van der Waals surface area (Å²) in [7, 11) is 0. The Morgan fingerprint density at radius 1 is 0.939 bits per heavy atom. The zero-order valence-electron chi connectivity index (χ0n) is 19.8. The van der Waals surface area contributed by atoms with Crippen LogP contribution in [0.1, 0.15) is 56.2 Å². The van der Waals surface area contributed by atoms with Crippen LogP contribution >= 0.6 is 0 Å². The van der Waals surface area contributed by atoms with E-state index in [0.717, 1.165) is 22.2 Å². The maximum atomic E-state index is 12.5. The summed E-state index contributed by atoms with van der Waals surface area (Å²) in [5.74, 6) is 1.86. The van der Waals surface area contributed by atoms with Gasteiger partial charge in [-0.3, -0.25) is 4.79 Å². The van der Waals surface area contributed by atoms with Crippen LogP contribution in [0.15, 0.2) is 65.1 Å². The molecule has 33 heavy (non-hydrogen) atoms. The molecule has 0 spiro atoms. The fourth-order valence-electron chi connectivity index (χ4n) is 3.60. The first-order valence-electron chi connectivity index (χ1n) is 11.3. The van der Waals surface area contributed by atoms with E-state index in [2.05, 4.69) is 50.1 Å². The summed E-state index contributed by atoms with van der Waals surface area (Å²) in [6.45, 7) is 10.5. The number of nitrogens with one attached hydrogen (secondary N) is 1. The van der Waals surface area contributed by atoms with E-state index in [1.54, 1.807) is 0 Å². The van der Waals surface area contributed by atoms with Crippen molar-refractivity contribution < 1.29 is 13.9 Å². The van der Waals surface area contributed by atoms with Crippen LogP contribution in [-0.2, 0) is 4.79 Å². The molecule has 4 aromatic rings. The van der Waals surface area contributed by atoms with Gasteiger partial charge in [0.15, 0.2) is 12.2 Å². The first-order valence-corrected chi connectivity index (χ1v) is 11.3. The van der Waals surface area contributed by atoms with Gasteiger partial charge in [-0.2, -0.15) is 0 Å². The molecule has 5 nitrogen and oxygen atoms in total. The van der Waals surface area contributed by atoms with Gasteiger partial charge in [-0.1, -0.05) is 52.0 Å². The number of fused-ring (bicyclic) bond motifs is 1. The Labute approximate surface area is 194 Å². The highest BCUT2D eigenvalue weighted by molar-refractivity contribution is 5.93. The molecule has 1 aromatic heterocycles. The van der Waals surface area contributed by atoms with Gasteiger partial charge in [-0.25, -0.2) is 4.98 Å². The van der Waals surface area contributed by atoms with Gasteiger partial charge in [-0.05, 0) is 71.8 Å². The summed E-state index contributed by atoms with van der Waals surface area (Å²) in [6, 6.07) is 19.7. The van der Waals surface area contributed by atoms with Crippen molar-refractivity contribution in [1.29, 1.82) is 0 Å². The van der Waals surface area contributed by atoms with Crippen molar-refractivity contribution >= 4 is 22.7 Å². The predicted octanol–water partition coefficient (Wildman–Crippen LogP) is 7.07. The molecule has 0 atom stereocenters. The topological polar surface area (TPSA) is 64.4 Å². The maximum absolute atomic E-state index is 12.5. The monoisotopic (exact) mass is 442 g/mol. The van der Waals surface area contributed by atoms with E-state index in [0.29, 0.717) is 29.2 Å². The van der Waals surface area contributed by atoms with E-state index in [1.807, 2.05) is 55.5 Å². The van der Waals surface area contributed by atoms with Crippen LogP contribution < -0.4 is 10.1 Å². The third-order valence-corrected chi connectivity index (χ3v) is 5.75. The summed E-state index contributed by atoms with van der Waals surface area (Å²) >= 11 is 0. The van der Waals surface area contributed by atoms with Gasteiger partial charge in [0.05, 0.1) is 0 Å². The van der Waals surface area contributed by atoms with E-state index < -0.39 is 0 Å². The number of ether oxygens (including phenoxy) is 1. The lowest BCUT2D eigenvalue weighted by Crippen LogP contribution is -2.20. The lowest BCUT2D eigenvalue weighted by molar-refractivity contribution is -0.118. The molecule has 0 unspecified atom stereocenters. The number of carbonyl (C=O) groups excluding carboxylic acids is 1. The second-order valence-corrected chi connectivity index (χ2v) is 8.99. The number of carbonyl (C=O) groups is 1. The van der Waals surface area contributed by atoms with Gasteiger partial charge >= 0.3 is 0 Å². The second kappa shape index (κ2) is 9.49. The van der Waals surface area contributed by atoms with E-state index in [1.165, 1.54) is 11.1 Å². The summed E-state index contributed by atoms with van der Waals surface area (Å²) in [6.07, 6.45) is 0. The number of hydrogen-bond donors (Lipinski definition) is 1. The van der Waals surface area contributed by atoms with Crippen LogP contribution in [0.25, 0.3) is 22.6 Å². The van der Waals surface area contributed by atoms with Crippen molar-refractivity contribution in [1.82, 2.24) is 4.98 Å². The summed E-state index contributed by atoms with van der Waals surface area (Å²) < 4.78 is 11.6. The second-order valence-electron chi connectivity index (χ2n) is 8.99. The van der Waals surface area contributed by atoms with Gasteiger partial charge < -0.3 is 14.5 Å². The van der Waals surface area contributed by atoms with Crippen LogP contribution in [-0.4, -0.2) is 17.5 Å². The molecule has 0 aliphatic rings. The first-order chi connectivity index (χ1) is 15.8. The third-order valence-electron chi connectivity index (χ3n) is 5.75. The molecule has 170 valence electrons. The average Bonchev–Trinajstić information content (AvgIpc) is 3.23. The Bertz CT molecular complexity index is 1270. The molecule has 5 heteroatoms. The van der Waals surface area contributed by atoms with Crippen molar-refractivity contribution in [3.8, 4) is 17.2 Å².